The molecule has 82 valence electrons. The molecule has 0 radical (unpaired) electrons. The molecule has 0 aliphatic carbocycles. The van der Waals surface area contributed by atoms with E-state index in [1.165, 1.54) is 5.69 Å². The van der Waals surface area contributed by atoms with Crippen molar-refractivity contribution < 1.29 is 0 Å². The minimum Gasteiger partial charge on any atom is -0.368 e. The zero-order valence-corrected chi connectivity index (χ0v) is 10.8. The normalized spacial score (nSPS) is 26.7. The number of benzene rings is 1. The van der Waals surface area contributed by atoms with Crippen LogP contribution < -0.4 is 10.2 Å². The van der Waals surface area contributed by atoms with Gasteiger partial charge in [0.15, 0.2) is 0 Å². The highest BCUT2D eigenvalue weighted by molar-refractivity contribution is 9.10. The van der Waals surface area contributed by atoms with E-state index in [9.17, 15) is 0 Å². The van der Waals surface area contributed by atoms with Gasteiger partial charge in [0, 0.05) is 35.3 Å². The monoisotopic (exact) mass is 268 g/mol. The summed E-state index contributed by atoms with van der Waals surface area (Å²) in [5, 5.41) is 3.54. The molecule has 2 unspecified atom stereocenters. The summed E-state index contributed by atoms with van der Waals surface area (Å²) >= 11 is 3.52. The maximum absolute atomic E-state index is 3.54. The molecular weight excluding hydrogens is 252 g/mol. The molecule has 1 N–H and O–H groups in total. The molecule has 1 heterocycles. The molecule has 0 aromatic heterocycles. The molecule has 2 rings (SSSR count). The van der Waals surface area contributed by atoms with E-state index in [0.29, 0.717) is 12.1 Å². The summed E-state index contributed by atoms with van der Waals surface area (Å²) in [5.41, 5.74) is 1.31. The van der Waals surface area contributed by atoms with Crippen molar-refractivity contribution in [1.82, 2.24) is 5.32 Å². The van der Waals surface area contributed by atoms with Crippen LogP contribution in [0.5, 0.6) is 0 Å². The lowest BCUT2D eigenvalue weighted by molar-refractivity contribution is 0.407. The Morgan fingerprint density at radius 1 is 1.27 bits per heavy atom. The number of nitrogens with zero attached hydrogens (tertiary/aromatic N) is 1. The molecule has 0 saturated carbocycles. The van der Waals surface area contributed by atoms with E-state index in [4.69, 9.17) is 0 Å². The molecule has 15 heavy (non-hydrogen) atoms. The second-order valence-electron chi connectivity index (χ2n) is 4.35. The molecule has 1 aliphatic heterocycles. The van der Waals surface area contributed by atoms with Crippen LogP contribution >= 0.6 is 15.9 Å². The Morgan fingerprint density at radius 3 is 2.53 bits per heavy atom. The van der Waals surface area contributed by atoms with Crippen LogP contribution in [0, 0.1) is 0 Å². The SMILES string of the molecule is CC1CN(c2cccc(Br)c2)CC(C)N1. The highest BCUT2D eigenvalue weighted by Gasteiger charge is 2.20. The quantitative estimate of drug-likeness (QED) is 0.843. The third-order valence-electron chi connectivity index (χ3n) is 2.73. The van der Waals surface area contributed by atoms with Crippen molar-refractivity contribution in [3.63, 3.8) is 0 Å². The number of piperazine rings is 1. The summed E-state index contributed by atoms with van der Waals surface area (Å²) in [5.74, 6) is 0. The van der Waals surface area contributed by atoms with E-state index in [2.05, 4.69) is 64.3 Å². The van der Waals surface area contributed by atoms with Crippen molar-refractivity contribution in [2.45, 2.75) is 25.9 Å². The van der Waals surface area contributed by atoms with Gasteiger partial charge in [0.2, 0.25) is 0 Å². The second-order valence-corrected chi connectivity index (χ2v) is 5.27. The Hall–Kier alpha value is -0.540. The van der Waals surface area contributed by atoms with Gasteiger partial charge < -0.3 is 10.2 Å². The van der Waals surface area contributed by atoms with Crippen LogP contribution in [0.15, 0.2) is 28.7 Å². The first-order valence-electron chi connectivity index (χ1n) is 5.41. The van der Waals surface area contributed by atoms with Crippen LogP contribution in [0.4, 0.5) is 5.69 Å². The first-order chi connectivity index (χ1) is 7.15. The summed E-state index contributed by atoms with van der Waals surface area (Å²) in [6.45, 7) is 6.64. The van der Waals surface area contributed by atoms with Gasteiger partial charge in [-0.2, -0.15) is 0 Å². The lowest BCUT2D eigenvalue weighted by Crippen LogP contribution is -2.54. The largest absolute Gasteiger partial charge is 0.368 e. The fraction of sp³-hybridized carbons (Fsp3) is 0.500. The standard InChI is InChI=1S/C12H17BrN2/c1-9-7-15(8-10(2)14-9)12-5-3-4-11(13)6-12/h3-6,9-10,14H,7-8H2,1-2H3. The van der Waals surface area contributed by atoms with Crippen LogP contribution in [0.25, 0.3) is 0 Å². The van der Waals surface area contributed by atoms with Gasteiger partial charge in [-0.3, -0.25) is 0 Å². The summed E-state index contributed by atoms with van der Waals surface area (Å²) in [6, 6.07) is 9.65. The Balaban J connectivity index is 2.16. The Bertz CT molecular complexity index is 330. The maximum Gasteiger partial charge on any atom is 0.0378 e. The first kappa shape index (κ1) is 11.0. The van der Waals surface area contributed by atoms with E-state index >= 15 is 0 Å². The van der Waals surface area contributed by atoms with E-state index < -0.39 is 0 Å². The topological polar surface area (TPSA) is 15.3 Å². The number of hydrogen-bond donors (Lipinski definition) is 1. The number of halogens is 1. The van der Waals surface area contributed by atoms with Gasteiger partial charge in [-0.25, -0.2) is 0 Å². The van der Waals surface area contributed by atoms with Gasteiger partial charge in [-0.05, 0) is 32.0 Å². The van der Waals surface area contributed by atoms with Crippen molar-refractivity contribution in [3.05, 3.63) is 28.7 Å². The molecule has 1 aliphatic rings. The molecule has 0 bridgehead atoms. The average Bonchev–Trinajstić information content (AvgIpc) is 2.16. The summed E-state index contributed by atoms with van der Waals surface area (Å²) in [6.07, 6.45) is 0. The molecule has 0 amide bonds. The van der Waals surface area contributed by atoms with Gasteiger partial charge in [-0.15, -0.1) is 0 Å². The third-order valence-corrected chi connectivity index (χ3v) is 3.22. The van der Waals surface area contributed by atoms with E-state index in [-0.39, 0.29) is 0 Å². The Labute approximate surface area is 99.8 Å². The van der Waals surface area contributed by atoms with Crippen molar-refractivity contribution in [2.24, 2.45) is 0 Å². The average molecular weight is 269 g/mol. The van der Waals surface area contributed by atoms with Crippen molar-refractivity contribution >= 4 is 21.6 Å². The number of anilines is 1. The predicted molar refractivity (Wildman–Crippen MR) is 68.4 cm³/mol. The van der Waals surface area contributed by atoms with Gasteiger partial charge >= 0.3 is 0 Å². The highest BCUT2D eigenvalue weighted by Crippen LogP contribution is 2.21. The smallest absolute Gasteiger partial charge is 0.0378 e. The Kier molecular flexibility index (Phi) is 3.32. The summed E-state index contributed by atoms with van der Waals surface area (Å²) in [4.78, 5) is 2.44. The van der Waals surface area contributed by atoms with Crippen molar-refractivity contribution in [2.75, 3.05) is 18.0 Å². The van der Waals surface area contributed by atoms with Crippen LogP contribution in [-0.2, 0) is 0 Å². The summed E-state index contributed by atoms with van der Waals surface area (Å²) in [7, 11) is 0. The first-order valence-corrected chi connectivity index (χ1v) is 6.21. The zero-order valence-electron chi connectivity index (χ0n) is 9.20. The van der Waals surface area contributed by atoms with E-state index in [1.807, 2.05) is 0 Å². The molecule has 1 saturated heterocycles. The van der Waals surface area contributed by atoms with Crippen LogP contribution in [0.2, 0.25) is 0 Å². The summed E-state index contributed by atoms with van der Waals surface area (Å²) < 4.78 is 1.15. The minimum atomic E-state index is 0.563. The molecule has 2 atom stereocenters. The minimum absolute atomic E-state index is 0.563. The third kappa shape index (κ3) is 2.73. The molecule has 1 fully saturated rings. The number of nitrogens with one attached hydrogen (secondary N) is 1. The van der Waals surface area contributed by atoms with Gasteiger partial charge in [-0.1, -0.05) is 22.0 Å². The lowest BCUT2D eigenvalue weighted by atomic mass is 10.1. The molecule has 1 aromatic carbocycles. The molecule has 3 heteroatoms. The van der Waals surface area contributed by atoms with Gasteiger partial charge in [0.1, 0.15) is 0 Å². The molecule has 2 nitrogen and oxygen atoms in total. The molecule has 0 spiro atoms. The predicted octanol–water partition coefficient (Wildman–Crippen LogP) is 2.64. The van der Waals surface area contributed by atoms with Gasteiger partial charge in [0.05, 0.1) is 0 Å². The van der Waals surface area contributed by atoms with Crippen LogP contribution in [0.3, 0.4) is 0 Å². The van der Waals surface area contributed by atoms with Gasteiger partial charge in [0.25, 0.3) is 0 Å². The number of hydrogen-bond acceptors (Lipinski definition) is 2. The van der Waals surface area contributed by atoms with E-state index in [0.717, 1.165) is 17.6 Å². The second kappa shape index (κ2) is 4.54. The fourth-order valence-corrected chi connectivity index (χ4v) is 2.60. The van der Waals surface area contributed by atoms with Crippen molar-refractivity contribution in [1.29, 1.82) is 0 Å². The Morgan fingerprint density at radius 2 is 1.93 bits per heavy atom. The van der Waals surface area contributed by atoms with E-state index in [1.54, 1.807) is 0 Å². The zero-order chi connectivity index (χ0) is 10.8. The fourth-order valence-electron chi connectivity index (χ4n) is 2.21. The van der Waals surface area contributed by atoms with Crippen LogP contribution in [0.1, 0.15) is 13.8 Å². The lowest BCUT2D eigenvalue weighted by Gasteiger charge is -2.37. The number of rotatable bonds is 1. The van der Waals surface area contributed by atoms with Crippen molar-refractivity contribution in [3.8, 4) is 0 Å². The molecule has 1 aromatic rings. The highest BCUT2D eigenvalue weighted by atomic mass is 79.9. The van der Waals surface area contributed by atoms with Crippen LogP contribution in [-0.4, -0.2) is 25.2 Å². The maximum atomic E-state index is 3.54. The molecular formula is C12H17BrN2.